The van der Waals surface area contributed by atoms with Crippen LogP contribution in [0.1, 0.15) is 36.7 Å². The molecule has 1 unspecified atom stereocenters. The maximum atomic E-state index is 12.3. The molecule has 1 fully saturated rings. The molecule has 2 heterocycles. The van der Waals surface area contributed by atoms with Gasteiger partial charge < -0.3 is 15.0 Å². The number of ether oxygens (including phenoxy) is 1. The predicted molar refractivity (Wildman–Crippen MR) is 76.9 cm³/mol. The molecule has 2 rings (SSSR count). The number of esters is 1. The third-order valence-corrected chi connectivity index (χ3v) is 3.45. The molecule has 1 saturated heterocycles. The number of aromatic nitrogens is 2. The fraction of sp³-hybridized carbons (Fsp3) is 0.571. The Morgan fingerprint density at radius 1 is 1.24 bits per heavy atom. The molecule has 1 aliphatic rings. The summed E-state index contributed by atoms with van der Waals surface area (Å²) in [4.78, 5) is 33.4. The molecule has 1 atom stereocenters. The number of methoxy groups -OCH3 is 1. The van der Waals surface area contributed by atoms with E-state index < -0.39 is 5.97 Å². The predicted octanol–water partition coefficient (Wildman–Crippen LogP) is 1.08. The van der Waals surface area contributed by atoms with Gasteiger partial charge in [-0.15, -0.1) is 0 Å². The lowest BCUT2D eigenvalue weighted by molar-refractivity contribution is -0.132. The summed E-state index contributed by atoms with van der Waals surface area (Å²) < 4.78 is 4.55. The van der Waals surface area contributed by atoms with Crippen LogP contribution in [0.5, 0.6) is 0 Å². The minimum atomic E-state index is -0.536. The number of hydrogen-bond donors (Lipinski definition) is 1. The molecule has 0 saturated carbocycles. The van der Waals surface area contributed by atoms with Gasteiger partial charge in [-0.3, -0.25) is 4.79 Å². The van der Waals surface area contributed by atoms with E-state index >= 15 is 0 Å². The van der Waals surface area contributed by atoms with Crippen LogP contribution < -0.4 is 5.32 Å². The van der Waals surface area contributed by atoms with Gasteiger partial charge in [0.1, 0.15) is 11.9 Å². The molecular weight excluding hydrogens is 272 g/mol. The van der Waals surface area contributed by atoms with Gasteiger partial charge in [-0.2, -0.15) is 0 Å². The highest BCUT2D eigenvalue weighted by Crippen LogP contribution is 2.12. The maximum absolute atomic E-state index is 12.3. The second-order valence-corrected chi connectivity index (χ2v) is 5.03. The SMILES string of the molecule is COC(=O)c1cnc(NC(C)C(=O)N2CCCCC2)cn1. The topological polar surface area (TPSA) is 84.4 Å². The van der Waals surface area contributed by atoms with E-state index in [9.17, 15) is 9.59 Å². The lowest BCUT2D eigenvalue weighted by Crippen LogP contribution is -2.44. The van der Waals surface area contributed by atoms with Crippen LogP contribution in [0.2, 0.25) is 0 Å². The summed E-state index contributed by atoms with van der Waals surface area (Å²) in [5.74, 6) is -0.0134. The first-order valence-corrected chi connectivity index (χ1v) is 7.07. The molecular formula is C14H20N4O3. The van der Waals surface area contributed by atoms with E-state index in [1.165, 1.54) is 25.9 Å². The van der Waals surface area contributed by atoms with Crippen molar-refractivity contribution in [3.8, 4) is 0 Å². The third-order valence-electron chi connectivity index (χ3n) is 3.45. The minimum Gasteiger partial charge on any atom is -0.464 e. The van der Waals surface area contributed by atoms with Crippen molar-refractivity contribution in [2.24, 2.45) is 0 Å². The van der Waals surface area contributed by atoms with Crippen molar-refractivity contribution in [3.05, 3.63) is 18.1 Å². The number of nitrogens with one attached hydrogen (secondary N) is 1. The zero-order chi connectivity index (χ0) is 15.2. The largest absolute Gasteiger partial charge is 0.464 e. The van der Waals surface area contributed by atoms with Crippen LogP contribution in [0.25, 0.3) is 0 Å². The highest BCUT2D eigenvalue weighted by Gasteiger charge is 2.22. The van der Waals surface area contributed by atoms with Crippen LogP contribution in [0.15, 0.2) is 12.4 Å². The summed E-state index contributed by atoms with van der Waals surface area (Å²) in [7, 11) is 1.29. The van der Waals surface area contributed by atoms with Gasteiger partial charge in [-0.1, -0.05) is 0 Å². The van der Waals surface area contributed by atoms with Crippen molar-refractivity contribution >= 4 is 17.7 Å². The number of rotatable bonds is 4. The number of carbonyl (C=O) groups is 2. The molecule has 0 aromatic carbocycles. The first-order valence-electron chi connectivity index (χ1n) is 7.07. The van der Waals surface area contributed by atoms with Crippen molar-refractivity contribution < 1.29 is 14.3 Å². The summed E-state index contributed by atoms with van der Waals surface area (Å²) in [6.45, 7) is 3.43. The van der Waals surface area contributed by atoms with Gasteiger partial charge in [0.2, 0.25) is 5.91 Å². The summed E-state index contributed by atoms with van der Waals surface area (Å²) in [5.41, 5.74) is 0.137. The summed E-state index contributed by atoms with van der Waals surface area (Å²) in [6, 6.07) is -0.374. The molecule has 7 nitrogen and oxygen atoms in total. The maximum Gasteiger partial charge on any atom is 0.358 e. The average molecular weight is 292 g/mol. The van der Waals surface area contributed by atoms with Gasteiger partial charge in [0.15, 0.2) is 5.69 Å². The van der Waals surface area contributed by atoms with Crippen molar-refractivity contribution in [2.75, 3.05) is 25.5 Å². The van der Waals surface area contributed by atoms with E-state index in [1.54, 1.807) is 6.92 Å². The second-order valence-electron chi connectivity index (χ2n) is 5.03. The second kappa shape index (κ2) is 7.01. The average Bonchev–Trinajstić information content (AvgIpc) is 2.55. The zero-order valence-electron chi connectivity index (χ0n) is 12.3. The molecule has 0 radical (unpaired) electrons. The molecule has 1 aliphatic heterocycles. The van der Waals surface area contributed by atoms with E-state index in [4.69, 9.17) is 0 Å². The van der Waals surface area contributed by atoms with Crippen molar-refractivity contribution in [3.63, 3.8) is 0 Å². The van der Waals surface area contributed by atoms with Crippen molar-refractivity contribution in [1.29, 1.82) is 0 Å². The van der Waals surface area contributed by atoms with Gasteiger partial charge in [0.25, 0.3) is 0 Å². The smallest absolute Gasteiger partial charge is 0.358 e. The van der Waals surface area contributed by atoms with E-state index in [0.29, 0.717) is 5.82 Å². The summed E-state index contributed by atoms with van der Waals surface area (Å²) in [6.07, 6.45) is 6.06. The number of hydrogen-bond acceptors (Lipinski definition) is 6. The van der Waals surface area contributed by atoms with E-state index in [0.717, 1.165) is 25.9 Å². The third kappa shape index (κ3) is 3.90. The Morgan fingerprint density at radius 2 is 1.95 bits per heavy atom. The number of amides is 1. The Morgan fingerprint density at radius 3 is 2.52 bits per heavy atom. The Bertz CT molecular complexity index is 497. The fourth-order valence-corrected chi connectivity index (χ4v) is 2.28. The van der Waals surface area contributed by atoms with Crippen LogP contribution >= 0.6 is 0 Å². The molecule has 1 aromatic rings. The quantitative estimate of drug-likeness (QED) is 0.836. The monoisotopic (exact) mass is 292 g/mol. The van der Waals surface area contributed by atoms with E-state index in [-0.39, 0.29) is 17.6 Å². The number of piperidine rings is 1. The van der Waals surface area contributed by atoms with Crippen LogP contribution in [0.4, 0.5) is 5.82 Å². The first kappa shape index (κ1) is 15.2. The molecule has 0 spiro atoms. The highest BCUT2D eigenvalue weighted by atomic mass is 16.5. The molecule has 1 amide bonds. The lowest BCUT2D eigenvalue weighted by Gasteiger charge is -2.29. The van der Waals surface area contributed by atoms with Crippen LogP contribution in [-0.2, 0) is 9.53 Å². The van der Waals surface area contributed by atoms with Crippen LogP contribution in [-0.4, -0.2) is 53.0 Å². The van der Waals surface area contributed by atoms with Gasteiger partial charge in [0.05, 0.1) is 19.5 Å². The Hall–Kier alpha value is -2.18. The van der Waals surface area contributed by atoms with Gasteiger partial charge >= 0.3 is 5.97 Å². The molecule has 1 aromatic heterocycles. The number of nitrogens with zero attached hydrogens (tertiary/aromatic N) is 3. The molecule has 21 heavy (non-hydrogen) atoms. The molecule has 7 heteroatoms. The molecule has 114 valence electrons. The number of likely N-dealkylation sites (tertiary alicyclic amines) is 1. The first-order chi connectivity index (χ1) is 10.1. The molecule has 1 N–H and O–H groups in total. The van der Waals surface area contributed by atoms with Crippen LogP contribution in [0.3, 0.4) is 0 Å². The normalized spacial score (nSPS) is 16.2. The van der Waals surface area contributed by atoms with Crippen molar-refractivity contribution in [1.82, 2.24) is 14.9 Å². The van der Waals surface area contributed by atoms with Gasteiger partial charge in [-0.25, -0.2) is 14.8 Å². The van der Waals surface area contributed by atoms with E-state index in [2.05, 4.69) is 20.0 Å². The fourth-order valence-electron chi connectivity index (χ4n) is 2.28. The molecule has 0 aliphatic carbocycles. The van der Waals surface area contributed by atoms with Crippen LogP contribution in [0, 0.1) is 0 Å². The highest BCUT2D eigenvalue weighted by molar-refractivity contribution is 5.87. The van der Waals surface area contributed by atoms with Gasteiger partial charge in [-0.05, 0) is 26.2 Å². The Labute approximate surface area is 123 Å². The van der Waals surface area contributed by atoms with E-state index in [1.807, 2.05) is 4.90 Å². The Balaban J connectivity index is 1.93. The number of carbonyl (C=O) groups excluding carboxylic acids is 2. The molecule has 0 bridgehead atoms. The van der Waals surface area contributed by atoms with Gasteiger partial charge in [0, 0.05) is 13.1 Å². The Kier molecular flexibility index (Phi) is 5.08. The standard InChI is InChI=1S/C14H20N4O3/c1-10(13(19)18-6-4-3-5-7-18)17-12-9-15-11(8-16-12)14(20)21-2/h8-10H,3-7H2,1-2H3,(H,16,17). The van der Waals surface area contributed by atoms with Crippen molar-refractivity contribution in [2.45, 2.75) is 32.2 Å². The number of anilines is 1. The zero-order valence-corrected chi connectivity index (χ0v) is 12.3. The summed E-state index contributed by atoms with van der Waals surface area (Å²) in [5, 5.41) is 3.01. The summed E-state index contributed by atoms with van der Waals surface area (Å²) >= 11 is 0. The lowest BCUT2D eigenvalue weighted by atomic mass is 10.1. The minimum absolute atomic E-state index is 0.0635.